The van der Waals surface area contributed by atoms with Crippen LogP contribution in [-0.2, 0) is 10.0 Å². The largest absolute Gasteiger partial charge is 0.496 e. The summed E-state index contributed by atoms with van der Waals surface area (Å²) in [6.45, 7) is 4.00. The van der Waals surface area contributed by atoms with E-state index in [2.05, 4.69) is 14.9 Å². The summed E-state index contributed by atoms with van der Waals surface area (Å²) in [4.78, 5) is 22.0. The van der Waals surface area contributed by atoms with E-state index in [1.165, 1.54) is 42.8 Å². The highest BCUT2D eigenvalue weighted by molar-refractivity contribution is 7.89. The van der Waals surface area contributed by atoms with E-state index in [-0.39, 0.29) is 45.3 Å². The number of fused-ring (bicyclic) bond motifs is 1. The standard InChI is InChI=1S/C23H27FN4O6S/c1-5-34-16-7-6-14(35(30,31)28-10-8-27(2)9-11-28)12-15(16)22-25-21-19(23(29)26-22)17(32-3)13-18(33-4)20(21)24/h6-7,12-13H,5,8-11H2,1-4H3,(H,25,26,29). The minimum atomic E-state index is -3.81. The van der Waals surface area contributed by atoms with Gasteiger partial charge in [0.2, 0.25) is 10.0 Å². The summed E-state index contributed by atoms with van der Waals surface area (Å²) >= 11 is 0. The van der Waals surface area contributed by atoms with Gasteiger partial charge >= 0.3 is 0 Å². The molecule has 1 aliphatic heterocycles. The smallest absolute Gasteiger partial charge is 0.262 e. The summed E-state index contributed by atoms with van der Waals surface area (Å²) in [5.74, 6) is -0.641. The summed E-state index contributed by atoms with van der Waals surface area (Å²) in [6.07, 6.45) is 0. The van der Waals surface area contributed by atoms with Crippen molar-refractivity contribution >= 4 is 20.9 Å². The predicted octanol–water partition coefficient (Wildman–Crippen LogP) is 2.08. The normalized spacial score (nSPS) is 15.3. The van der Waals surface area contributed by atoms with Gasteiger partial charge in [0.25, 0.3) is 5.56 Å². The average molecular weight is 507 g/mol. The Labute approximate surface area is 202 Å². The molecule has 4 rings (SSSR count). The first-order chi connectivity index (χ1) is 16.7. The molecule has 1 fully saturated rings. The number of nitrogens with zero attached hydrogens (tertiary/aromatic N) is 3. The first-order valence-corrected chi connectivity index (χ1v) is 12.5. The van der Waals surface area contributed by atoms with Gasteiger partial charge in [-0.2, -0.15) is 4.31 Å². The number of likely N-dealkylation sites (N-methyl/N-ethyl adjacent to an activating group) is 1. The number of ether oxygens (including phenoxy) is 3. The molecular formula is C23H27FN4O6S. The molecule has 0 amide bonds. The summed E-state index contributed by atoms with van der Waals surface area (Å²) in [6, 6.07) is 5.61. The molecule has 35 heavy (non-hydrogen) atoms. The van der Waals surface area contributed by atoms with E-state index in [0.29, 0.717) is 31.9 Å². The van der Waals surface area contributed by atoms with Crippen LogP contribution in [0.15, 0.2) is 34.0 Å². The maximum absolute atomic E-state index is 15.1. The Hall–Kier alpha value is -3.22. The van der Waals surface area contributed by atoms with Gasteiger partial charge in [-0.15, -0.1) is 0 Å². The van der Waals surface area contributed by atoms with E-state index in [0.717, 1.165) is 0 Å². The number of aromatic nitrogens is 2. The Morgan fingerprint density at radius 1 is 1.06 bits per heavy atom. The predicted molar refractivity (Wildman–Crippen MR) is 128 cm³/mol. The summed E-state index contributed by atoms with van der Waals surface area (Å²) in [5.41, 5.74) is -0.713. The van der Waals surface area contributed by atoms with E-state index < -0.39 is 21.4 Å². The van der Waals surface area contributed by atoms with E-state index in [9.17, 15) is 13.2 Å². The second kappa shape index (κ2) is 9.80. The number of benzene rings is 2. The molecule has 0 aliphatic carbocycles. The zero-order valence-corrected chi connectivity index (χ0v) is 20.7. The van der Waals surface area contributed by atoms with Crippen LogP contribution in [0.1, 0.15) is 6.92 Å². The second-order valence-corrected chi connectivity index (χ2v) is 9.97. The molecular weight excluding hydrogens is 479 g/mol. The van der Waals surface area contributed by atoms with Crippen LogP contribution < -0.4 is 19.8 Å². The number of halogens is 1. The fourth-order valence-electron chi connectivity index (χ4n) is 3.98. The first kappa shape index (κ1) is 24.9. The minimum Gasteiger partial charge on any atom is -0.496 e. The third kappa shape index (κ3) is 4.56. The Bertz CT molecular complexity index is 1420. The van der Waals surface area contributed by atoms with Crippen molar-refractivity contribution in [2.45, 2.75) is 11.8 Å². The number of H-pyrrole nitrogens is 1. The van der Waals surface area contributed by atoms with Crippen LogP contribution in [0.25, 0.3) is 22.3 Å². The number of hydrogen-bond donors (Lipinski definition) is 1. The van der Waals surface area contributed by atoms with Crippen LogP contribution in [0, 0.1) is 5.82 Å². The quantitative estimate of drug-likeness (QED) is 0.518. The van der Waals surface area contributed by atoms with Crippen molar-refractivity contribution in [3.63, 3.8) is 0 Å². The molecule has 0 unspecified atom stereocenters. The van der Waals surface area contributed by atoms with Crippen LogP contribution in [-0.4, -0.2) is 81.6 Å². The van der Waals surface area contributed by atoms with E-state index >= 15 is 4.39 Å². The number of hydrogen-bond acceptors (Lipinski definition) is 8. The molecule has 1 saturated heterocycles. The Balaban J connectivity index is 1.91. The molecule has 2 heterocycles. The van der Waals surface area contributed by atoms with Gasteiger partial charge in [-0.1, -0.05) is 0 Å². The summed E-state index contributed by atoms with van der Waals surface area (Å²) < 4.78 is 59.2. The van der Waals surface area contributed by atoms with Crippen LogP contribution in [0.5, 0.6) is 17.2 Å². The first-order valence-electron chi connectivity index (χ1n) is 11.0. The highest BCUT2D eigenvalue weighted by Crippen LogP contribution is 2.35. The van der Waals surface area contributed by atoms with Crippen LogP contribution in [0.3, 0.4) is 0 Å². The molecule has 0 radical (unpaired) electrons. The number of methoxy groups -OCH3 is 2. The third-order valence-corrected chi connectivity index (χ3v) is 7.79. The molecule has 10 nitrogen and oxygen atoms in total. The molecule has 2 aromatic carbocycles. The maximum atomic E-state index is 15.1. The van der Waals surface area contributed by atoms with Crippen molar-refractivity contribution in [3.8, 4) is 28.6 Å². The lowest BCUT2D eigenvalue weighted by Gasteiger charge is -2.31. The monoisotopic (exact) mass is 506 g/mol. The van der Waals surface area contributed by atoms with Gasteiger partial charge in [0.05, 0.1) is 31.3 Å². The number of rotatable bonds is 7. The Kier molecular flexibility index (Phi) is 6.97. The number of aromatic amines is 1. The van der Waals surface area contributed by atoms with Gasteiger partial charge in [0.15, 0.2) is 11.6 Å². The Morgan fingerprint density at radius 3 is 2.37 bits per heavy atom. The zero-order valence-electron chi connectivity index (χ0n) is 19.9. The second-order valence-electron chi connectivity index (χ2n) is 8.03. The minimum absolute atomic E-state index is 0.0203. The number of sulfonamides is 1. The van der Waals surface area contributed by atoms with Crippen LogP contribution in [0.2, 0.25) is 0 Å². The fraction of sp³-hybridized carbons (Fsp3) is 0.391. The van der Waals surface area contributed by atoms with Crippen molar-refractivity contribution in [2.75, 3.05) is 54.1 Å². The zero-order chi connectivity index (χ0) is 25.3. The SMILES string of the molecule is CCOc1ccc(S(=O)(=O)N2CCN(C)CC2)cc1-c1nc2c(F)c(OC)cc(OC)c2c(=O)[nH]1. The molecule has 3 aromatic rings. The summed E-state index contributed by atoms with van der Waals surface area (Å²) in [5, 5.41) is -0.0891. The van der Waals surface area contributed by atoms with Crippen molar-refractivity contribution in [1.82, 2.24) is 19.2 Å². The van der Waals surface area contributed by atoms with Gasteiger partial charge in [0.1, 0.15) is 28.2 Å². The molecule has 188 valence electrons. The molecule has 0 saturated carbocycles. The molecule has 0 atom stereocenters. The molecule has 1 aromatic heterocycles. The molecule has 1 N–H and O–H groups in total. The van der Waals surface area contributed by atoms with Gasteiger partial charge in [-0.25, -0.2) is 17.8 Å². The third-order valence-electron chi connectivity index (χ3n) is 5.90. The van der Waals surface area contributed by atoms with Gasteiger partial charge in [0, 0.05) is 32.2 Å². The highest BCUT2D eigenvalue weighted by atomic mass is 32.2. The van der Waals surface area contributed by atoms with Gasteiger partial charge in [-0.3, -0.25) is 4.79 Å². The van der Waals surface area contributed by atoms with Gasteiger partial charge in [-0.05, 0) is 32.2 Å². The maximum Gasteiger partial charge on any atom is 0.262 e. The van der Waals surface area contributed by atoms with Gasteiger partial charge < -0.3 is 24.1 Å². The van der Waals surface area contributed by atoms with E-state index in [1.807, 2.05) is 7.05 Å². The fourth-order valence-corrected chi connectivity index (χ4v) is 5.43. The van der Waals surface area contributed by atoms with E-state index in [4.69, 9.17) is 14.2 Å². The Morgan fingerprint density at radius 2 is 1.74 bits per heavy atom. The lowest BCUT2D eigenvalue weighted by Crippen LogP contribution is -2.47. The summed E-state index contributed by atoms with van der Waals surface area (Å²) in [7, 11) is 0.758. The highest BCUT2D eigenvalue weighted by Gasteiger charge is 2.29. The van der Waals surface area contributed by atoms with Crippen molar-refractivity contribution in [1.29, 1.82) is 0 Å². The molecule has 0 spiro atoms. The molecule has 0 bridgehead atoms. The lowest BCUT2D eigenvalue weighted by atomic mass is 10.1. The lowest BCUT2D eigenvalue weighted by molar-refractivity contribution is 0.222. The molecule has 1 aliphatic rings. The van der Waals surface area contributed by atoms with Crippen LogP contribution >= 0.6 is 0 Å². The van der Waals surface area contributed by atoms with Crippen molar-refractivity contribution in [2.24, 2.45) is 0 Å². The van der Waals surface area contributed by atoms with E-state index in [1.54, 1.807) is 6.92 Å². The average Bonchev–Trinajstić information content (AvgIpc) is 2.85. The van der Waals surface area contributed by atoms with Crippen LogP contribution in [0.4, 0.5) is 4.39 Å². The number of piperazine rings is 1. The van der Waals surface area contributed by atoms with Crippen molar-refractivity contribution < 1.29 is 27.0 Å². The van der Waals surface area contributed by atoms with Crippen molar-refractivity contribution in [3.05, 3.63) is 40.4 Å². The number of nitrogens with one attached hydrogen (secondary N) is 1. The molecule has 12 heteroatoms. The topological polar surface area (TPSA) is 114 Å².